The number of aryl methyl sites for hydroxylation is 1. The summed E-state index contributed by atoms with van der Waals surface area (Å²) < 4.78 is 0. The van der Waals surface area contributed by atoms with E-state index in [2.05, 4.69) is 25.9 Å². The fourth-order valence-electron chi connectivity index (χ4n) is 2.52. The Morgan fingerprint density at radius 2 is 1.93 bits per heavy atom. The smallest absolute Gasteiger partial charge is 0.252 e. The van der Waals surface area contributed by atoms with Crippen LogP contribution in [0, 0.1) is 6.92 Å². The molecular formula is C19H18Cl2N6O2. The first-order chi connectivity index (χ1) is 13.8. The molecule has 1 aliphatic heterocycles. The van der Waals surface area contributed by atoms with Gasteiger partial charge in [-0.25, -0.2) is 4.99 Å². The molecular weight excluding hydrogens is 415 g/mol. The van der Waals surface area contributed by atoms with E-state index in [9.17, 15) is 9.59 Å². The van der Waals surface area contributed by atoms with Crippen LogP contribution in [-0.4, -0.2) is 29.8 Å². The van der Waals surface area contributed by atoms with E-state index in [1.165, 1.54) is 6.07 Å². The number of anilines is 2. The van der Waals surface area contributed by atoms with Gasteiger partial charge >= 0.3 is 0 Å². The van der Waals surface area contributed by atoms with Crippen LogP contribution in [0.15, 0.2) is 52.4 Å². The van der Waals surface area contributed by atoms with Gasteiger partial charge in [0.1, 0.15) is 6.04 Å². The highest BCUT2D eigenvalue weighted by molar-refractivity contribution is 6.35. The maximum absolute atomic E-state index is 12.2. The summed E-state index contributed by atoms with van der Waals surface area (Å²) in [6, 6.07) is 11.3. The molecule has 0 spiro atoms. The molecule has 150 valence electrons. The fourth-order valence-corrected chi connectivity index (χ4v) is 2.86. The Morgan fingerprint density at radius 1 is 1.21 bits per heavy atom. The Hall–Kier alpha value is -3.10. The van der Waals surface area contributed by atoms with Gasteiger partial charge in [0.2, 0.25) is 17.8 Å². The number of amides is 2. The van der Waals surface area contributed by atoms with Crippen LogP contribution in [-0.2, 0) is 9.59 Å². The van der Waals surface area contributed by atoms with Gasteiger partial charge in [-0.2, -0.15) is 4.99 Å². The Balaban J connectivity index is 1.62. The van der Waals surface area contributed by atoms with Crippen molar-refractivity contribution in [2.45, 2.75) is 19.4 Å². The lowest BCUT2D eigenvalue weighted by atomic mass is 10.2. The second kappa shape index (κ2) is 8.93. The van der Waals surface area contributed by atoms with Gasteiger partial charge in [-0.1, -0.05) is 40.9 Å². The average Bonchev–Trinajstić information content (AvgIpc) is 2.98. The van der Waals surface area contributed by atoms with E-state index in [1.807, 2.05) is 31.2 Å². The lowest BCUT2D eigenvalue weighted by Crippen LogP contribution is -2.32. The van der Waals surface area contributed by atoms with Gasteiger partial charge in [0.25, 0.3) is 5.91 Å². The standard InChI is InChI=1S/C19H18Cl2N6O2/c1-10-2-5-12(6-3-10)23-18(22)27-19-25-15(17(29)26-19)9-16(28)24-14-8-11(20)4-7-13(14)21/h2-8,15H,9H2,1H3,(H,24,28)(H4,22,23,25,26,27,29)/t15-/m1/s1. The molecule has 1 aliphatic rings. The van der Waals surface area contributed by atoms with Crippen LogP contribution in [0.3, 0.4) is 0 Å². The fraction of sp³-hybridized carbons (Fsp3) is 0.158. The lowest BCUT2D eigenvalue weighted by Gasteiger charge is -2.08. The van der Waals surface area contributed by atoms with E-state index in [4.69, 9.17) is 28.9 Å². The van der Waals surface area contributed by atoms with Crippen molar-refractivity contribution in [3.8, 4) is 0 Å². The summed E-state index contributed by atoms with van der Waals surface area (Å²) in [7, 11) is 0. The highest BCUT2D eigenvalue weighted by Crippen LogP contribution is 2.25. The molecule has 2 amide bonds. The van der Waals surface area contributed by atoms with Crippen LogP contribution in [0.2, 0.25) is 10.0 Å². The van der Waals surface area contributed by atoms with Crippen molar-refractivity contribution in [1.29, 1.82) is 0 Å². The number of nitrogens with two attached hydrogens (primary N) is 1. The normalized spacial score (nSPS) is 16.2. The summed E-state index contributed by atoms with van der Waals surface area (Å²) >= 11 is 11.9. The van der Waals surface area contributed by atoms with Crippen LogP contribution in [0.5, 0.6) is 0 Å². The number of carbonyl (C=O) groups is 2. The minimum Gasteiger partial charge on any atom is -0.369 e. The molecule has 3 rings (SSSR count). The van der Waals surface area contributed by atoms with Crippen molar-refractivity contribution in [2.75, 3.05) is 10.6 Å². The maximum Gasteiger partial charge on any atom is 0.252 e. The largest absolute Gasteiger partial charge is 0.369 e. The minimum absolute atomic E-state index is 0.0331. The summed E-state index contributed by atoms with van der Waals surface area (Å²) in [5, 5.41) is 8.77. The first kappa shape index (κ1) is 20.6. The summed E-state index contributed by atoms with van der Waals surface area (Å²) in [5.41, 5.74) is 8.06. The minimum atomic E-state index is -0.918. The van der Waals surface area contributed by atoms with Crippen LogP contribution >= 0.6 is 23.2 Å². The number of hydrogen-bond donors (Lipinski definition) is 4. The number of guanidine groups is 2. The van der Waals surface area contributed by atoms with Crippen molar-refractivity contribution in [2.24, 2.45) is 15.7 Å². The number of carbonyl (C=O) groups excluding carboxylic acids is 2. The van der Waals surface area contributed by atoms with Crippen LogP contribution in [0.1, 0.15) is 12.0 Å². The van der Waals surface area contributed by atoms with Gasteiger partial charge in [-0.15, -0.1) is 0 Å². The average molecular weight is 433 g/mol. The zero-order chi connectivity index (χ0) is 21.0. The van der Waals surface area contributed by atoms with E-state index in [0.717, 1.165) is 11.3 Å². The molecule has 10 heteroatoms. The van der Waals surface area contributed by atoms with Gasteiger partial charge in [-0.3, -0.25) is 14.9 Å². The Kier molecular flexibility index (Phi) is 6.36. The van der Waals surface area contributed by atoms with E-state index in [1.54, 1.807) is 12.1 Å². The Bertz CT molecular complexity index is 1000. The summed E-state index contributed by atoms with van der Waals surface area (Å²) in [6.45, 7) is 1.97. The van der Waals surface area contributed by atoms with E-state index in [-0.39, 0.29) is 18.3 Å². The third-order valence-electron chi connectivity index (χ3n) is 3.95. The van der Waals surface area contributed by atoms with Gasteiger partial charge in [-0.05, 0) is 37.3 Å². The SMILES string of the molecule is Cc1ccc(NC(N)=NC2=N[C@H](CC(=O)Nc3cc(Cl)ccc3Cl)C(=O)N2)cc1. The lowest BCUT2D eigenvalue weighted by molar-refractivity contribution is -0.123. The monoisotopic (exact) mass is 432 g/mol. The van der Waals surface area contributed by atoms with Gasteiger partial charge in [0.15, 0.2) is 0 Å². The molecule has 0 saturated heterocycles. The first-order valence-corrected chi connectivity index (χ1v) is 9.37. The highest BCUT2D eigenvalue weighted by atomic mass is 35.5. The summed E-state index contributed by atoms with van der Waals surface area (Å²) in [4.78, 5) is 32.5. The van der Waals surface area contributed by atoms with Gasteiger partial charge in [0, 0.05) is 10.7 Å². The highest BCUT2D eigenvalue weighted by Gasteiger charge is 2.28. The zero-order valence-corrected chi connectivity index (χ0v) is 16.9. The molecule has 1 heterocycles. The van der Waals surface area contributed by atoms with Gasteiger partial charge < -0.3 is 16.4 Å². The second-order valence-electron chi connectivity index (χ2n) is 6.32. The molecule has 0 saturated carbocycles. The molecule has 2 aromatic carbocycles. The molecule has 0 bridgehead atoms. The predicted octanol–water partition coefficient (Wildman–Crippen LogP) is 2.91. The Labute approximate surface area is 177 Å². The summed E-state index contributed by atoms with van der Waals surface area (Å²) in [5.74, 6) is -0.789. The number of hydrogen-bond acceptors (Lipinski definition) is 4. The number of rotatable bonds is 4. The molecule has 1 atom stereocenters. The van der Waals surface area contributed by atoms with Crippen LogP contribution in [0.25, 0.3) is 0 Å². The molecule has 0 aromatic heterocycles. The van der Waals surface area contributed by atoms with Crippen molar-refractivity contribution in [3.05, 3.63) is 58.1 Å². The van der Waals surface area contributed by atoms with Crippen molar-refractivity contribution in [3.63, 3.8) is 0 Å². The molecule has 5 N–H and O–H groups in total. The molecule has 0 aliphatic carbocycles. The van der Waals surface area contributed by atoms with Crippen molar-refractivity contribution >= 4 is 58.3 Å². The number of nitrogens with one attached hydrogen (secondary N) is 3. The molecule has 2 aromatic rings. The molecule has 29 heavy (non-hydrogen) atoms. The summed E-state index contributed by atoms with van der Waals surface area (Å²) in [6.07, 6.45) is -0.182. The number of benzene rings is 2. The van der Waals surface area contributed by atoms with E-state index < -0.39 is 17.9 Å². The zero-order valence-electron chi connectivity index (χ0n) is 15.4. The predicted molar refractivity (Wildman–Crippen MR) is 115 cm³/mol. The third-order valence-corrected chi connectivity index (χ3v) is 4.51. The first-order valence-electron chi connectivity index (χ1n) is 8.61. The quantitative estimate of drug-likeness (QED) is 0.438. The molecule has 0 fully saturated rings. The van der Waals surface area contributed by atoms with Crippen molar-refractivity contribution < 1.29 is 9.59 Å². The van der Waals surface area contributed by atoms with Crippen LogP contribution in [0.4, 0.5) is 11.4 Å². The number of halogens is 2. The van der Waals surface area contributed by atoms with E-state index >= 15 is 0 Å². The van der Waals surface area contributed by atoms with Crippen LogP contribution < -0.4 is 21.7 Å². The number of nitrogens with zero attached hydrogens (tertiary/aromatic N) is 2. The van der Waals surface area contributed by atoms with Crippen molar-refractivity contribution in [1.82, 2.24) is 5.32 Å². The number of aliphatic imine (C=N–C) groups is 2. The maximum atomic E-state index is 12.2. The molecule has 8 nitrogen and oxygen atoms in total. The van der Waals surface area contributed by atoms with Gasteiger partial charge in [0.05, 0.1) is 17.1 Å². The topological polar surface area (TPSA) is 121 Å². The molecule has 0 unspecified atom stereocenters. The Morgan fingerprint density at radius 3 is 2.66 bits per heavy atom. The van der Waals surface area contributed by atoms with E-state index in [0.29, 0.717) is 15.7 Å². The molecule has 0 radical (unpaired) electrons. The third kappa shape index (κ3) is 5.69. The second-order valence-corrected chi connectivity index (χ2v) is 7.17.